The van der Waals surface area contributed by atoms with E-state index in [9.17, 15) is 0 Å². The third-order valence-corrected chi connectivity index (χ3v) is 5.63. The highest BCUT2D eigenvalue weighted by atomic mass is 32.2. The van der Waals surface area contributed by atoms with Crippen LogP contribution in [0.2, 0.25) is 0 Å². The van der Waals surface area contributed by atoms with E-state index >= 15 is 0 Å². The average Bonchev–Trinajstić information content (AvgIpc) is 2.61. The Bertz CT molecular complexity index is 746. The molecule has 0 atom stereocenters. The van der Waals surface area contributed by atoms with E-state index in [0.717, 1.165) is 22.9 Å². The van der Waals surface area contributed by atoms with Crippen molar-refractivity contribution in [1.29, 1.82) is 0 Å². The van der Waals surface area contributed by atoms with E-state index in [0.29, 0.717) is 0 Å². The van der Waals surface area contributed by atoms with E-state index in [4.69, 9.17) is 0 Å². The summed E-state index contributed by atoms with van der Waals surface area (Å²) in [5.41, 5.74) is 3.51. The van der Waals surface area contributed by atoms with Crippen molar-refractivity contribution in [3.05, 3.63) is 83.9 Å². The second-order valence-electron chi connectivity index (χ2n) is 5.17. The van der Waals surface area contributed by atoms with Gasteiger partial charge in [-0.05, 0) is 48.9 Å². The molecule has 3 aromatic rings. The SMILES string of the molecule is Cc1ccc(SCc2ccccn2)c(SCc2ccccn2)c1. The monoisotopic (exact) mass is 338 g/mol. The first-order chi connectivity index (χ1) is 11.3. The fraction of sp³-hybridized carbons (Fsp3) is 0.158. The molecule has 2 nitrogen and oxygen atoms in total. The summed E-state index contributed by atoms with van der Waals surface area (Å²) >= 11 is 3.69. The summed E-state index contributed by atoms with van der Waals surface area (Å²) in [6.45, 7) is 2.14. The van der Waals surface area contributed by atoms with Gasteiger partial charge in [-0.3, -0.25) is 9.97 Å². The summed E-state index contributed by atoms with van der Waals surface area (Å²) in [5.74, 6) is 1.78. The lowest BCUT2D eigenvalue weighted by molar-refractivity contribution is 1.14. The summed E-state index contributed by atoms with van der Waals surface area (Å²) in [4.78, 5) is 11.4. The Morgan fingerprint density at radius 2 is 1.35 bits per heavy atom. The Morgan fingerprint density at radius 1 is 0.739 bits per heavy atom. The van der Waals surface area contributed by atoms with Crippen molar-refractivity contribution in [3.8, 4) is 0 Å². The molecule has 3 rings (SSSR count). The quantitative estimate of drug-likeness (QED) is 0.564. The Labute approximate surface area is 145 Å². The maximum atomic E-state index is 4.40. The van der Waals surface area contributed by atoms with Gasteiger partial charge in [-0.1, -0.05) is 18.2 Å². The second-order valence-corrected chi connectivity index (χ2v) is 7.20. The molecule has 0 amide bonds. The fourth-order valence-corrected chi connectivity index (χ4v) is 4.26. The first kappa shape index (κ1) is 16.1. The van der Waals surface area contributed by atoms with Crippen molar-refractivity contribution in [2.45, 2.75) is 28.2 Å². The summed E-state index contributed by atoms with van der Waals surface area (Å²) in [6.07, 6.45) is 3.70. The van der Waals surface area contributed by atoms with Gasteiger partial charge < -0.3 is 0 Å². The lowest BCUT2D eigenvalue weighted by Gasteiger charge is -2.10. The minimum Gasteiger partial charge on any atom is -0.260 e. The highest BCUT2D eigenvalue weighted by molar-refractivity contribution is 8.01. The molecule has 2 aromatic heterocycles. The molecular formula is C19H18N2S2. The number of benzene rings is 1. The van der Waals surface area contributed by atoms with Crippen molar-refractivity contribution >= 4 is 23.5 Å². The number of rotatable bonds is 6. The van der Waals surface area contributed by atoms with Crippen LogP contribution >= 0.6 is 23.5 Å². The van der Waals surface area contributed by atoms with Crippen LogP contribution in [0.1, 0.15) is 17.0 Å². The van der Waals surface area contributed by atoms with Gasteiger partial charge in [-0.15, -0.1) is 23.5 Å². The molecule has 0 bridgehead atoms. The second kappa shape index (κ2) is 8.18. The van der Waals surface area contributed by atoms with Crippen molar-refractivity contribution in [3.63, 3.8) is 0 Å². The zero-order valence-electron chi connectivity index (χ0n) is 13.0. The zero-order chi connectivity index (χ0) is 15.9. The van der Waals surface area contributed by atoms with Gasteiger partial charge in [-0.2, -0.15) is 0 Å². The average molecular weight is 339 g/mol. The highest BCUT2D eigenvalue weighted by Gasteiger charge is 2.06. The molecule has 0 fully saturated rings. The zero-order valence-corrected chi connectivity index (χ0v) is 14.6. The minimum absolute atomic E-state index is 0.890. The summed E-state index contributed by atoms with van der Waals surface area (Å²) < 4.78 is 0. The Kier molecular flexibility index (Phi) is 5.72. The molecule has 0 aliphatic rings. The van der Waals surface area contributed by atoms with Crippen molar-refractivity contribution < 1.29 is 0 Å². The van der Waals surface area contributed by atoms with Gasteiger partial charge in [0.1, 0.15) is 0 Å². The Balaban J connectivity index is 1.70. The van der Waals surface area contributed by atoms with Gasteiger partial charge >= 0.3 is 0 Å². The number of aryl methyl sites for hydroxylation is 1. The molecule has 0 N–H and O–H groups in total. The Morgan fingerprint density at radius 3 is 1.91 bits per heavy atom. The molecule has 23 heavy (non-hydrogen) atoms. The minimum atomic E-state index is 0.890. The van der Waals surface area contributed by atoms with Crippen LogP contribution in [-0.4, -0.2) is 9.97 Å². The lowest BCUT2D eigenvalue weighted by atomic mass is 10.2. The summed E-state index contributed by atoms with van der Waals surface area (Å²) in [6, 6.07) is 18.8. The van der Waals surface area contributed by atoms with E-state index < -0.39 is 0 Å². The van der Waals surface area contributed by atoms with Crippen LogP contribution in [-0.2, 0) is 11.5 Å². The van der Waals surface area contributed by atoms with Crippen LogP contribution < -0.4 is 0 Å². The van der Waals surface area contributed by atoms with Crippen LogP contribution in [0.4, 0.5) is 0 Å². The van der Waals surface area contributed by atoms with Crippen LogP contribution in [0.25, 0.3) is 0 Å². The molecule has 0 spiro atoms. The molecule has 1 aromatic carbocycles. The van der Waals surface area contributed by atoms with E-state index in [-0.39, 0.29) is 0 Å². The molecule has 4 heteroatoms. The van der Waals surface area contributed by atoms with E-state index in [1.54, 1.807) is 0 Å². The first-order valence-electron chi connectivity index (χ1n) is 7.47. The maximum Gasteiger partial charge on any atom is 0.0506 e. The van der Waals surface area contributed by atoms with Crippen molar-refractivity contribution in [1.82, 2.24) is 9.97 Å². The van der Waals surface area contributed by atoms with Gasteiger partial charge in [0, 0.05) is 33.7 Å². The molecule has 0 unspecified atom stereocenters. The van der Waals surface area contributed by atoms with E-state index in [2.05, 4.69) is 47.2 Å². The number of thioether (sulfide) groups is 2. The smallest absolute Gasteiger partial charge is 0.0506 e. The summed E-state index contributed by atoms with van der Waals surface area (Å²) in [5, 5.41) is 0. The van der Waals surface area contributed by atoms with Gasteiger partial charge in [0.2, 0.25) is 0 Å². The largest absolute Gasteiger partial charge is 0.260 e. The molecule has 0 aliphatic heterocycles. The highest BCUT2D eigenvalue weighted by Crippen LogP contribution is 2.34. The van der Waals surface area contributed by atoms with Gasteiger partial charge in [0.15, 0.2) is 0 Å². The number of nitrogens with zero attached hydrogens (tertiary/aromatic N) is 2. The number of pyridine rings is 2. The predicted molar refractivity (Wildman–Crippen MR) is 98.8 cm³/mol. The molecule has 2 heterocycles. The Hall–Kier alpha value is -1.78. The number of aromatic nitrogens is 2. The predicted octanol–water partition coefficient (Wildman–Crippen LogP) is 5.37. The molecule has 116 valence electrons. The van der Waals surface area contributed by atoms with Gasteiger partial charge in [0.25, 0.3) is 0 Å². The van der Waals surface area contributed by atoms with Crippen LogP contribution in [0, 0.1) is 6.92 Å². The normalized spacial score (nSPS) is 10.7. The van der Waals surface area contributed by atoms with Crippen LogP contribution in [0.5, 0.6) is 0 Å². The molecule has 0 aliphatic carbocycles. The molecule has 0 saturated carbocycles. The third kappa shape index (κ3) is 4.85. The maximum absolute atomic E-state index is 4.40. The van der Waals surface area contributed by atoms with Crippen molar-refractivity contribution in [2.75, 3.05) is 0 Å². The third-order valence-electron chi connectivity index (χ3n) is 3.30. The first-order valence-corrected chi connectivity index (χ1v) is 9.44. The fourth-order valence-electron chi connectivity index (χ4n) is 2.12. The van der Waals surface area contributed by atoms with Gasteiger partial charge in [0.05, 0.1) is 11.4 Å². The molecular weight excluding hydrogens is 320 g/mol. The van der Waals surface area contributed by atoms with E-state index in [1.807, 2.05) is 60.2 Å². The van der Waals surface area contributed by atoms with E-state index in [1.165, 1.54) is 15.4 Å². The molecule has 0 radical (unpaired) electrons. The van der Waals surface area contributed by atoms with Crippen LogP contribution in [0.15, 0.2) is 76.8 Å². The van der Waals surface area contributed by atoms with Crippen molar-refractivity contribution in [2.24, 2.45) is 0 Å². The van der Waals surface area contributed by atoms with Gasteiger partial charge in [-0.25, -0.2) is 0 Å². The lowest BCUT2D eigenvalue weighted by Crippen LogP contribution is -1.89. The summed E-state index contributed by atoms with van der Waals surface area (Å²) in [7, 11) is 0. The molecule has 0 saturated heterocycles. The number of hydrogen-bond acceptors (Lipinski definition) is 4. The topological polar surface area (TPSA) is 25.8 Å². The van der Waals surface area contributed by atoms with Crippen LogP contribution in [0.3, 0.4) is 0 Å². The standard InChI is InChI=1S/C19H18N2S2/c1-15-8-9-18(22-13-16-6-2-4-10-20-16)19(12-15)23-14-17-7-3-5-11-21-17/h2-12H,13-14H2,1H3. The number of hydrogen-bond donors (Lipinski definition) is 0.